The number of aromatic hydroxyl groups is 3. The van der Waals surface area contributed by atoms with E-state index < -0.39 is 52.8 Å². The van der Waals surface area contributed by atoms with Crippen molar-refractivity contribution in [3.8, 4) is 17.2 Å². The minimum atomic E-state index is -0.808. The van der Waals surface area contributed by atoms with Crippen LogP contribution in [0.1, 0.15) is 42.9 Å². The van der Waals surface area contributed by atoms with Crippen molar-refractivity contribution in [2.45, 2.75) is 46.2 Å². The van der Waals surface area contributed by atoms with E-state index in [9.17, 15) is 42.9 Å². The maximum absolute atomic E-state index is 13.3. The van der Waals surface area contributed by atoms with Crippen LogP contribution in [0.25, 0.3) is 0 Å². The van der Waals surface area contributed by atoms with Gasteiger partial charge in [0.2, 0.25) is 0 Å². The van der Waals surface area contributed by atoms with Crippen LogP contribution in [0.3, 0.4) is 0 Å². The summed E-state index contributed by atoms with van der Waals surface area (Å²) < 4.78 is 41.1. The summed E-state index contributed by atoms with van der Waals surface area (Å²) in [5.74, 6) is -4.16. The van der Waals surface area contributed by atoms with Crippen LogP contribution < -0.4 is 31.9 Å². The van der Waals surface area contributed by atoms with Gasteiger partial charge in [-0.25, -0.2) is 27.6 Å². The van der Waals surface area contributed by atoms with Crippen molar-refractivity contribution in [2.24, 2.45) is 0 Å². The largest absolute Gasteiger partial charge is 0.503 e. The minimum Gasteiger partial charge on any atom is -0.503 e. The highest BCUT2D eigenvalue weighted by atomic mass is 79.9. The van der Waals surface area contributed by atoms with Gasteiger partial charge in [0.1, 0.15) is 0 Å². The third-order valence-corrected chi connectivity index (χ3v) is 9.27. The Balaban J connectivity index is 0.000000237. The standard InChI is InChI=1S/C15H14BrFN2O2.C14H12BrFN2O2.C12H16BrFN2O2/c1-9-4-2-3-5-10(9)8-18-15(21)19-13-7-11(16)6-12(17)14(13)20;15-10-6-11(16)13(19)12(7-10)18-14(20)17-8-9-4-2-1-3-5-9;1-2-3-4-5-15-12(18)16-10-7-8(13)6-9(14)11(10)17/h2-7,20H,8H2,1H3,(H2,18,19,21);1-7,19H,8H2,(H2,17,18,20);6-7,17H,2-5H2,1H3,(H2,15,16,18). The van der Waals surface area contributed by atoms with Gasteiger partial charge in [-0.3, -0.25) is 0 Å². The van der Waals surface area contributed by atoms with Gasteiger partial charge in [0, 0.05) is 33.1 Å². The minimum absolute atomic E-state index is 0.00226. The van der Waals surface area contributed by atoms with Crippen molar-refractivity contribution >= 4 is 82.9 Å². The SMILES string of the molecule is CCCCCNC(=O)Nc1cc(Br)cc(F)c1O.Cc1ccccc1CNC(=O)Nc1cc(Br)cc(F)c1O.O=C(NCc1ccccc1)Nc1cc(Br)cc(F)c1O. The molecule has 12 nitrogen and oxygen atoms in total. The number of carbonyl (C=O) groups excluding carboxylic acids is 3. The van der Waals surface area contributed by atoms with Crippen molar-refractivity contribution in [2.75, 3.05) is 22.5 Å². The van der Waals surface area contributed by atoms with E-state index in [1.807, 2.05) is 61.5 Å². The lowest BCUT2D eigenvalue weighted by Crippen LogP contribution is -2.29. The zero-order valence-corrected chi connectivity index (χ0v) is 36.5. The summed E-state index contributed by atoms with van der Waals surface area (Å²) in [7, 11) is 0. The number of unbranched alkanes of at least 4 members (excludes halogenated alkanes) is 2. The van der Waals surface area contributed by atoms with E-state index in [1.165, 1.54) is 18.2 Å². The third kappa shape index (κ3) is 16.7. The number of benzene rings is 5. The summed E-state index contributed by atoms with van der Waals surface area (Å²) >= 11 is 9.28. The van der Waals surface area contributed by atoms with Gasteiger partial charge < -0.3 is 47.2 Å². The van der Waals surface area contributed by atoms with Crippen LogP contribution in [0.4, 0.5) is 44.6 Å². The van der Waals surface area contributed by atoms with Gasteiger partial charge in [0.25, 0.3) is 0 Å². The molecule has 0 radical (unpaired) electrons. The maximum Gasteiger partial charge on any atom is 0.319 e. The van der Waals surface area contributed by atoms with Crippen LogP contribution in [0, 0.1) is 24.4 Å². The number of aryl methyl sites for hydroxylation is 1. The second-order valence-corrected chi connectivity index (χ2v) is 15.2. The normalized spacial score (nSPS) is 10.2. The molecule has 18 heteroatoms. The molecule has 0 unspecified atom stereocenters. The number of rotatable bonds is 11. The molecule has 0 fully saturated rings. The first-order chi connectivity index (χ1) is 28.1. The number of nitrogens with one attached hydrogen (secondary N) is 6. The van der Waals surface area contributed by atoms with Gasteiger partial charge in [-0.1, -0.05) is 122 Å². The fraction of sp³-hybridized carbons (Fsp3) is 0.195. The average molecular weight is 1010 g/mol. The smallest absolute Gasteiger partial charge is 0.319 e. The van der Waals surface area contributed by atoms with Gasteiger partial charge >= 0.3 is 18.1 Å². The predicted molar refractivity (Wildman–Crippen MR) is 233 cm³/mol. The number of hydrogen-bond acceptors (Lipinski definition) is 6. The fourth-order valence-electron chi connectivity index (χ4n) is 4.82. The van der Waals surface area contributed by atoms with Crippen molar-refractivity contribution < 1.29 is 42.9 Å². The Hall–Kier alpha value is -5.46. The van der Waals surface area contributed by atoms with Crippen molar-refractivity contribution in [1.29, 1.82) is 0 Å². The van der Waals surface area contributed by atoms with Gasteiger partial charge in [0.15, 0.2) is 34.7 Å². The van der Waals surface area contributed by atoms with E-state index >= 15 is 0 Å². The molecule has 0 aliphatic rings. The third-order valence-electron chi connectivity index (χ3n) is 7.89. The Bertz CT molecular complexity index is 2210. The molecule has 0 heterocycles. The second kappa shape index (κ2) is 24.5. The number of urea groups is 3. The van der Waals surface area contributed by atoms with Crippen molar-refractivity contribution in [3.63, 3.8) is 0 Å². The topological polar surface area (TPSA) is 184 Å². The van der Waals surface area contributed by atoms with Crippen LogP contribution in [-0.4, -0.2) is 40.0 Å². The van der Waals surface area contributed by atoms with Crippen LogP contribution in [0.15, 0.2) is 104 Å². The van der Waals surface area contributed by atoms with E-state index in [0.717, 1.165) is 54.2 Å². The lowest BCUT2D eigenvalue weighted by Gasteiger charge is -2.11. The molecule has 0 aliphatic carbocycles. The van der Waals surface area contributed by atoms with Crippen LogP contribution in [-0.2, 0) is 13.1 Å². The van der Waals surface area contributed by atoms with Crippen LogP contribution >= 0.6 is 47.8 Å². The molecular formula is C41H42Br3F3N6O6. The molecule has 0 spiro atoms. The first-order valence-electron chi connectivity index (χ1n) is 17.8. The molecular weight excluding hydrogens is 969 g/mol. The maximum atomic E-state index is 13.3. The number of hydrogen-bond donors (Lipinski definition) is 9. The first kappa shape index (κ1) is 47.9. The Morgan fingerprint density at radius 2 is 0.966 bits per heavy atom. The molecule has 9 N–H and O–H groups in total. The Morgan fingerprint density at radius 3 is 1.41 bits per heavy atom. The summed E-state index contributed by atoms with van der Waals surface area (Å²) in [6, 6.07) is 23.1. The average Bonchev–Trinajstić information content (AvgIpc) is 3.19. The summed E-state index contributed by atoms with van der Waals surface area (Å²) in [5.41, 5.74) is 3.03. The highest BCUT2D eigenvalue weighted by Crippen LogP contribution is 2.32. The number of carbonyl (C=O) groups is 3. The predicted octanol–water partition coefficient (Wildman–Crippen LogP) is 11.1. The summed E-state index contributed by atoms with van der Waals surface area (Å²) in [6.45, 7) is 5.25. The Labute approximate surface area is 364 Å². The first-order valence-corrected chi connectivity index (χ1v) is 20.2. The van der Waals surface area contributed by atoms with Crippen LogP contribution in [0.5, 0.6) is 17.2 Å². The molecule has 5 rings (SSSR count). The molecule has 0 atom stereocenters. The number of anilines is 3. The number of phenols is 3. The number of phenolic OH excluding ortho intramolecular Hbond substituents is 3. The highest BCUT2D eigenvalue weighted by Gasteiger charge is 2.14. The molecule has 5 aromatic rings. The molecule has 0 bridgehead atoms. The Kier molecular flexibility index (Phi) is 19.9. The van der Waals surface area contributed by atoms with E-state index in [-0.39, 0.29) is 17.1 Å². The summed E-state index contributed by atoms with van der Waals surface area (Å²) in [6.07, 6.45) is 3.00. The number of halogens is 6. The zero-order valence-electron chi connectivity index (χ0n) is 31.7. The van der Waals surface area contributed by atoms with Gasteiger partial charge in [-0.05, 0) is 66.4 Å². The second-order valence-electron chi connectivity index (χ2n) is 12.5. The zero-order chi connectivity index (χ0) is 43.5. The molecule has 5 aromatic carbocycles. The lowest BCUT2D eigenvalue weighted by molar-refractivity contribution is 0.251. The molecule has 59 heavy (non-hydrogen) atoms. The van der Waals surface area contributed by atoms with Crippen molar-refractivity contribution in [3.05, 3.63) is 139 Å². The van der Waals surface area contributed by atoms with E-state index in [4.69, 9.17) is 0 Å². The quantitative estimate of drug-likeness (QED) is 0.0468. The van der Waals surface area contributed by atoms with Crippen LogP contribution in [0.2, 0.25) is 0 Å². The van der Waals surface area contributed by atoms with E-state index in [2.05, 4.69) is 86.6 Å². The summed E-state index contributed by atoms with van der Waals surface area (Å²) in [5, 5.41) is 43.6. The number of amides is 6. The summed E-state index contributed by atoms with van der Waals surface area (Å²) in [4.78, 5) is 35.0. The monoisotopic (exact) mass is 1010 g/mol. The Morgan fingerprint density at radius 1 is 0.559 bits per heavy atom. The fourth-order valence-corrected chi connectivity index (χ4v) is 6.11. The molecule has 6 amide bonds. The van der Waals surface area contributed by atoms with Crippen molar-refractivity contribution in [1.82, 2.24) is 16.0 Å². The molecule has 0 aromatic heterocycles. The highest BCUT2D eigenvalue weighted by molar-refractivity contribution is 9.11. The van der Waals surface area contributed by atoms with Gasteiger partial charge in [0.05, 0.1) is 17.1 Å². The molecule has 0 saturated heterocycles. The van der Waals surface area contributed by atoms with Gasteiger partial charge in [-0.15, -0.1) is 0 Å². The van der Waals surface area contributed by atoms with Gasteiger partial charge in [-0.2, -0.15) is 0 Å². The molecule has 0 saturated carbocycles. The molecule has 0 aliphatic heterocycles. The lowest BCUT2D eigenvalue weighted by atomic mass is 10.1. The van der Waals surface area contributed by atoms with E-state index in [1.54, 1.807) is 0 Å². The van der Waals surface area contributed by atoms with E-state index in [0.29, 0.717) is 33.1 Å². The molecule has 314 valence electrons.